The van der Waals surface area contributed by atoms with Gasteiger partial charge in [0.2, 0.25) is 0 Å². The Morgan fingerprint density at radius 1 is 0.222 bits per heavy atom. The molecular weight excluding hydrogens is 1300 g/mol. The summed E-state index contributed by atoms with van der Waals surface area (Å²) in [4.78, 5) is 5.93. The second kappa shape index (κ2) is 24.3. The third-order valence-corrected chi connectivity index (χ3v) is 32.5. The van der Waals surface area contributed by atoms with Crippen molar-refractivity contribution in [1.29, 1.82) is 0 Å². The summed E-state index contributed by atoms with van der Waals surface area (Å²) in [5.74, 6) is 10.1. The van der Waals surface area contributed by atoms with Crippen LogP contribution in [0.5, 0.6) is 0 Å². The van der Waals surface area contributed by atoms with Gasteiger partial charge < -0.3 is 9.80 Å². The number of benzene rings is 9. The molecule has 0 atom stereocenters. The molecule has 2 nitrogen and oxygen atoms in total. The Balaban J connectivity index is 0.917. The van der Waals surface area contributed by atoms with Crippen molar-refractivity contribution >= 4 is 55.7 Å². The van der Waals surface area contributed by atoms with Crippen molar-refractivity contribution in [2.45, 2.75) is 281 Å². The van der Waals surface area contributed by atoms with Gasteiger partial charge in [-0.1, -0.05) is 192 Å². The molecule has 0 aliphatic heterocycles. The molecule has 9 aromatic carbocycles. The summed E-state index contributed by atoms with van der Waals surface area (Å²) >= 11 is 0. The van der Waals surface area contributed by atoms with Crippen molar-refractivity contribution in [3.8, 4) is 22.3 Å². The second-order valence-corrected chi connectivity index (χ2v) is 44.5. The third-order valence-electron chi connectivity index (χ3n) is 32.5. The smallest absolute Gasteiger partial charge is 0.0620 e. The fourth-order valence-electron chi connectivity index (χ4n) is 28.9. The van der Waals surface area contributed by atoms with Crippen LogP contribution in [0.4, 0.5) is 34.1 Å². The summed E-state index contributed by atoms with van der Waals surface area (Å²) in [6.07, 6.45) is 33.7. The first-order chi connectivity index (χ1) is 51.6. The Bertz CT molecular complexity index is 4410. The van der Waals surface area contributed by atoms with E-state index in [4.69, 9.17) is 0 Å². The molecule has 9 aromatic rings. The monoisotopic (exact) mass is 1420 g/mol. The molecule has 16 fully saturated rings. The van der Waals surface area contributed by atoms with Crippen LogP contribution in [0, 0.1) is 71.0 Å². The molecule has 16 aliphatic carbocycles. The van der Waals surface area contributed by atoms with E-state index in [1.165, 1.54) is 254 Å². The van der Waals surface area contributed by atoms with E-state index in [9.17, 15) is 0 Å². The lowest BCUT2D eigenvalue weighted by molar-refractivity contribution is -0.00856. The quantitative estimate of drug-likeness (QED) is 0.0888. The predicted molar refractivity (Wildman–Crippen MR) is 456 cm³/mol. The number of hydrogen-bond acceptors (Lipinski definition) is 2. The third kappa shape index (κ3) is 11.6. The minimum atomic E-state index is -0.111. The normalized spacial score (nSPS) is 32.6. The van der Waals surface area contributed by atoms with E-state index < -0.39 is 0 Å². The molecule has 2 heteroatoms. The molecule has 558 valence electrons. The van der Waals surface area contributed by atoms with Gasteiger partial charge in [-0.3, -0.25) is 0 Å². The largest absolute Gasteiger partial charge is 0.309 e. The van der Waals surface area contributed by atoms with Gasteiger partial charge in [0.15, 0.2) is 0 Å². The molecule has 0 heterocycles. The van der Waals surface area contributed by atoms with Crippen molar-refractivity contribution in [1.82, 2.24) is 0 Å². The van der Waals surface area contributed by atoms with E-state index in [1.807, 2.05) is 0 Å². The number of anilines is 6. The molecule has 0 aromatic heterocycles. The summed E-state index contributed by atoms with van der Waals surface area (Å²) in [6.45, 7) is 29.7. The lowest BCUT2D eigenvalue weighted by Crippen LogP contribution is -2.50. The van der Waals surface area contributed by atoms with E-state index in [0.29, 0.717) is 0 Å². The van der Waals surface area contributed by atoms with Crippen molar-refractivity contribution in [2.24, 2.45) is 71.0 Å². The molecule has 16 bridgehead atoms. The molecule has 16 saturated carbocycles. The Labute approximate surface area is 649 Å². The SMILES string of the molecule is CC(C)(C)c1cc(N(c2cc(C34CC5CC(CC(C5)C3)C4)cc(C34CC5CC(CC(C5)C3)C4)c2)c2c3ccc(-c4ccccc4)cc3c(N(c3cc(C(C)(C)C)cc(C(C)(C)C)c3)c3cc(C45CC6CC(CC(C6)C4)C5)cc(C45CC6CC(CC(C6)C4)C5)c3)c3ccc(-c4ccccc4)cc23)cc(C(C)(C)C)c1. The van der Waals surface area contributed by atoms with Crippen LogP contribution in [0.3, 0.4) is 0 Å². The average molecular weight is 1430 g/mol. The summed E-state index contributed by atoms with van der Waals surface area (Å²) in [7, 11) is 0. The van der Waals surface area contributed by atoms with Crippen LogP contribution in [-0.4, -0.2) is 0 Å². The minimum absolute atomic E-state index is 0.111. The first-order valence-electron chi connectivity index (χ1n) is 44.0. The highest BCUT2D eigenvalue weighted by Crippen LogP contribution is 2.68. The summed E-state index contributed by atoms with van der Waals surface area (Å²) in [6, 6.07) is 72.1. The lowest BCUT2D eigenvalue weighted by atomic mass is 9.46. The van der Waals surface area contributed by atoms with E-state index in [-0.39, 0.29) is 43.3 Å². The van der Waals surface area contributed by atoms with Crippen LogP contribution in [0.2, 0.25) is 0 Å². The van der Waals surface area contributed by atoms with Gasteiger partial charge in [0.05, 0.1) is 11.4 Å². The second-order valence-electron chi connectivity index (χ2n) is 44.5. The molecule has 0 unspecified atom stereocenters. The summed E-state index contributed by atoms with van der Waals surface area (Å²) in [5.41, 5.74) is 25.8. The standard InChI is InChI=1S/C106H124N2/c1-99(2,3)81-41-82(100(4,5)6)46-89(45-81)107(91-49-85(103-53-65-27-66(54-103)29-67(28-65)55-103)43-86(50-91)104-56-68-30-69(57-104)32-70(31-68)58-104)97-93-25-23-80(78-21-17-14-18-22-78)40-96(93)98(94-26-24-79(39-95(94)97)77-19-15-13-16-20-77)108(90-47-83(101(7,8)9)42-84(48-90)102(10,11)12)92-51-87(105-59-71-33-72(60-105)35-73(34-71)61-105)44-88(52-92)106-62-74-36-75(63-106)38-76(37-74)64-106/h13-26,39-52,65-76H,27-38,53-64H2,1-12H3. The van der Waals surface area contributed by atoms with Crippen LogP contribution >= 0.6 is 0 Å². The number of rotatable bonds is 12. The van der Waals surface area contributed by atoms with Gasteiger partial charge >= 0.3 is 0 Å². The molecule has 0 amide bonds. The molecule has 0 spiro atoms. The van der Waals surface area contributed by atoms with E-state index in [1.54, 1.807) is 22.3 Å². The first-order valence-corrected chi connectivity index (χ1v) is 44.0. The molecule has 108 heavy (non-hydrogen) atoms. The molecule has 16 aliphatic rings. The fourth-order valence-corrected chi connectivity index (χ4v) is 28.9. The predicted octanol–water partition coefficient (Wildman–Crippen LogP) is 29.3. The van der Waals surface area contributed by atoms with Gasteiger partial charge in [-0.25, -0.2) is 0 Å². The van der Waals surface area contributed by atoms with Gasteiger partial charge in [-0.2, -0.15) is 0 Å². The number of nitrogens with zero attached hydrogens (tertiary/aromatic N) is 2. The maximum Gasteiger partial charge on any atom is 0.0620 e. The van der Waals surface area contributed by atoms with Gasteiger partial charge in [-0.05, 0) is 396 Å². The maximum absolute atomic E-state index is 2.96. The first kappa shape index (κ1) is 69.1. The highest BCUT2D eigenvalue weighted by Gasteiger charge is 2.57. The molecular formula is C106H124N2. The molecule has 25 rings (SSSR count). The Kier molecular flexibility index (Phi) is 15.5. The van der Waals surface area contributed by atoms with Crippen LogP contribution in [-0.2, 0) is 43.3 Å². The van der Waals surface area contributed by atoms with Crippen LogP contribution < -0.4 is 9.80 Å². The summed E-state index contributed by atoms with van der Waals surface area (Å²) in [5, 5.41) is 5.30. The highest BCUT2D eigenvalue weighted by molar-refractivity contribution is 6.24. The zero-order valence-electron chi connectivity index (χ0n) is 68.0. The topological polar surface area (TPSA) is 6.48 Å². The maximum atomic E-state index is 2.96. The van der Waals surface area contributed by atoms with Crippen molar-refractivity contribution in [2.75, 3.05) is 9.80 Å². The van der Waals surface area contributed by atoms with Gasteiger partial charge in [-0.15, -0.1) is 0 Å². The highest BCUT2D eigenvalue weighted by atomic mass is 15.2. The van der Waals surface area contributed by atoms with Crippen molar-refractivity contribution < 1.29 is 0 Å². The Hall–Kier alpha value is -6.90. The van der Waals surface area contributed by atoms with Crippen LogP contribution in [0.15, 0.2) is 170 Å². The van der Waals surface area contributed by atoms with Crippen LogP contribution in [0.1, 0.15) is 282 Å². The summed E-state index contributed by atoms with van der Waals surface area (Å²) < 4.78 is 0. The zero-order chi connectivity index (χ0) is 73.6. The van der Waals surface area contributed by atoms with E-state index in [0.717, 1.165) is 71.0 Å². The minimum Gasteiger partial charge on any atom is -0.309 e. The van der Waals surface area contributed by atoms with Gasteiger partial charge in [0.25, 0.3) is 0 Å². The Morgan fingerprint density at radius 3 is 0.667 bits per heavy atom. The average Bonchev–Trinajstić information content (AvgIpc) is 0.714. The van der Waals surface area contributed by atoms with E-state index >= 15 is 0 Å². The van der Waals surface area contributed by atoms with Crippen LogP contribution in [0.25, 0.3) is 43.8 Å². The number of fused-ring (bicyclic) bond motifs is 2. The molecule has 0 saturated heterocycles. The molecule has 0 N–H and O–H groups in total. The van der Waals surface area contributed by atoms with Gasteiger partial charge in [0, 0.05) is 44.3 Å². The van der Waals surface area contributed by atoms with Crippen molar-refractivity contribution in [3.63, 3.8) is 0 Å². The van der Waals surface area contributed by atoms with Gasteiger partial charge in [0.1, 0.15) is 0 Å². The molecule has 0 radical (unpaired) electrons. The lowest BCUT2D eigenvalue weighted by Gasteiger charge is -2.59. The van der Waals surface area contributed by atoms with E-state index in [2.05, 4.69) is 263 Å². The zero-order valence-corrected chi connectivity index (χ0v) is 68.0. The van der Waals surface area contributed by atoms with Crippen molar-refractivity contribution in [3.05, 3.63) is 214 Å². The fraction of sp³-hybridized carbons (Fsp3) is 0.528. The Morgan fingerprint density at radius 2 is 0.444 bits per heavy atom. The number of hydrogen-bond donors (Lipinski definition) is 0.